The summed E-state index contributed by atoms with van der Waals surface area (Å²) in [4.78, 5) is 11.0. The van der Waals surface area contributed by atoms with Crippen LogP contribution in [0.5, 0.6) is 0 Å². The summed E-state index contributed by atoms with van der Waals surface area (Å²) in [6, 6.07) is 0. The predicted octanol–water partition coefficient (Wildman–Crippen LogP) is 2.36. The van der Waals surface area contributed by atoms with Gasteiger partial charge in [-0.2, -0.15) is 4.98 Å². The van der Waals surface area contributed by atoms with Crippen molar-refractivity contribution in [1.29, 1.82) is 0 Å². The summed E-state index contributed by atoms with van der Waals surface area (Å²) < 4.78 is 1.06. The van der Waals surface area contributed by atoms with E-state index in [1.807, 2.05) is 6.20 Å². The lowest BCUT2D eigenvalue weighted by atomic mass is 10.5. The molecule has 5 heteroatoms. The number of anilines is 2. The minimum Gasteiger partial charge on any atom is -0.369 e. The zero-order valence-electron chi connectivity index (χ0n) is 9.42. The van der Waals surface area contributed by atoms with Crippen LogP contribution in [0.25, 0.3) is 0 Å². The minimum atomic E-state index is 0.802. The van der Waals surface area contributed by atoms with Crippen LogP contribution in [-0.4, -0.2) is 29.6 Å². The highest BCUT2D eigenvalue weighted by Gasteiger charge is 2.08. The molecule has 1 aromatic heterocycles. The molecule has 0 saturated carbocycles. The van der Waals surface area contributed by atoms with E-state index in [1.54, 1.807) is 0 Å². The van der Waals surface area contributed by atoms with Gasteiger partial charge in [-0.3, -0.25) is 0 Å². The molecule has 1 N–H and O–H groups in total. The van der Waals surface area contributed by atoms with Gasteiger partial charge in [0, 0.05) is 25.8 Å². The molecule has 0 aliphatic rings. The first-order valence-corrected chi connectivity index (χ1v) is 6.32. The zero-order chi connectivity index (χ0) is 11.3. The van der Waals surface area contributed by atoms with Gasteiger partial charge in [-0.05, 0) is 43.4 Å². The van der Waals surface area contributed by atoms with Crippen molar-refractivity contribution in [3.8, 4) is 0 Å². The van der Waals surface area contributed by atoms with Gasteiger partial charge in [0.25, 0.3) is 0 Å². The number of halogens is 1. The highest BCUT2D eigenvalue weighted by atomic mass is 127. The van der Waals surface area contributed by atoms with Crippen LogP contribution in [0.4, 0.5) is 11.8 Å². The molecule has 0 aliphatic carbocycles. The fourth-order valence-corrected chi connectivity index (χ4v) is 1.76. The molecule has 15 heavy (non-hydrogen) atoms. The number of nitrogens with zero attached hydrogens (tertiary/aromatic N) is 3. The summed E-state index contributed by atoms with van der Waals surface area (Å²) >= 11 is 2.24. The lowest BCUT2D eigenvalue weighted by Gasteiger charge is -2.19. The van der Waals surface area contributed by atoms with E-state index in [0.29, 0.717) is 0 Å². The van der Waals surface area contributed by atoms with Crippen molar-refractivity contribution in [2.75, 3.05) is 29.9 Å². The van der Waals surface area contributed by atoms with Crippen LogP contribution in [0.15, 0.2) is 6.20 Å². The maximum atomic E-state index is 4.50. The van der Waals surface area contributed by atoms with E-state index in [4.69, 9.17) is 0 Å². The molecule has 0 bridgehead atoms. The average molecular weight is 320 g/mol. The van der Waals surface area contributed by atoms with Gasteiger partial charge in [-0.15, -0.1) is 0 Å². The summed E-state index contributed by atoms with van der Waals surface area (Å²) in [5, 5.41) is 3.23. The second kappa shape index (κ2) is 6.09. The Morgan fingerprint density at radius 2 is 2.00 bits per heavy atom. The molecule has 1 rings (SSSR count). The van der Waals surface area contributed by atoms with E-state index >= 15 is 0 Å². The molecular weight excluding hydrogens is 303 g/mol. The summed E-state index contributed by atoms with van der Waals surface area (Å²) in [5.74, 6) is 1.73. The number of hydrogen-bond acceptors (Lipinski definition) is 4. The molecular formula is C10H17IN4. The fourth-order valence-electron chi connectivity index (χ4n) is 1.31. The number of aromatic nitrogens is 2. The van der Waals surface area contributed by atoms with Crippen molar-refractivity contribution in [1.82, 2.24) is 9.97 Å². The second-order valence-corrected chi connectivity index (χ2v) is 4.23. The van der Waals surface area contributed by atoms with Crippen molar-refractivity contribution in [2.24, 2.45) is 0 Å². The third-order valence-corrected chi connectivity index (χ3v) is 2.91. The first-order valence-electron chi connectivity index (χ1n) is 5.24. The molecule has 4 nitrogen and oxygen atoms in total. The predicted molar refractivity (Wildman–Crippen MR) is 72.5 cm³/mol. The van der Waals surface area contributed by atoms with E-state index in [9.17, 15) is 0 Å². The van der Waals surface area contributed by atoms with E-state index < -0.39 is 0 Å². The SMILES string of the molecule is CCNc1nc(N(CC)CC)ncc1I. The van der Waals surface area contributed by atoms with Crippen LogP contribution in [0, 0.1) is 3.57 Å². The standard InChI is InChI=1S/C10H17IN4/c1-4-12-9-8(11)7-13-10(14-9)15(5-2)6-3/h7H,4-6H2,1-3H3,(H,12,13,14). The molecule has 0 amide bonds. The van der Waals surface area contributed by atoms with Gasteiger partial charge in [0.1, 0.15) is 5.82 Å². The van der Waals surface area contributed by atoms with Gasteiger partial charge in [-0.1, -0.05) is 0 Å². The first-order chi connectivity index (χ1) is 7.22. The third-order valence-electron chi connectivity index (χ3n) is 2.12. The van der Waals surface area contributed by atoms with E-state index in [-0.39, 0.29) is 0 Å². The van der Waals surface area contributed by atoms with Crippen LogP contribution in [0.3, 0.4) is 0 Å². The quantitative estimate of drug-likeness (QED) is 0.846. The lowest BCUT2D eigenvalue weighted by molar-refractivity contribution is 0.820. The Balaban J connectivity index is 2.95. The van der Waals surface area contributed by atoms with Crippen molar-refractivity contribution in [2.45, 2.75) is 20.8 Å². The Labute approximate surface area is 105 Å². The molecule has 1 heterocycles. The molecule has 0 spiro atoms. The van der Waals surface area contributed by atoms with Gasteiger partial charge >= 0.3 is 0 Å². The van der Waals surface area contributed by atoms with Crippen molar-refractivity contribution in [3.63, 3.8) is 0 Å². The number of nitrogens with one attached hydrogen (secondary N) is 1. The molecule has 0 unspecified atom stereocenters. The fraction of sp³-hybridized carbons (Fsp3) is 0.600. The van der Waals surface area contributed by atoms with Gasteiger partial charge < -0.3 is 10.2 Å². The van der Waals surface area contributed by atoms with Crippen molar-refractivity contribution < 1.29 is 0 Å². The van der Waals surface area contributed by atoms with Gasteiger partial charge in [0.15, 0.2) is 0 Å². The monoisotopic (exact) mass is 320 g/mol. The molecule has 1 aromatic rings. The highest BCUT2D eigenvalue weighted by molar-refractivity contribution is 14.1. The normalized spacial score (nSPS) is 10.1. The maximum absolute atomic E-state index is 4.50. The lowest BCUT2D eigenvalue weighted by Crippen LogP contribution is -2.24. The molecule has 0 fully saturated rings. The third kappa shape index (κ3) is 3.19. The Bertz CT molecular complexity index is 312. The van der Waals surface area contributed by atoms with Crippen LogP contribution in [0.2, 0.25) is 0 Å². The van der Waals surface area contributed by atoms with E-state index in [0.717, 1.165) is 35.0 Å². The first kappa shape index (κ1) is 12.5. The van der Waals surface area contributed by atoms with Crippen LogP contribution >= 0.6 is 22.6 Å². The smallest absolute Gasteiger partial charge is 0.227 e. The van der Waals surface area contributed by atoms with Gasteiger partial charge in [0.2, 0.25) is 5.95 Å². The van der Waals surface area contributed by atoms with Crippen molar-refractivity contribution in [3.05, 3.63) is 9.77 Å². The second-order valence-electron chi connectivity index (χ2n) is 3.07. The molecule has 0 aliphatic heterocycles. The Hall–Kier alpha value is -0.590. The number of rotatable bonds is 5. The zero-order valence-corrected chi connectivity index (χ0v) is 11.6. The van der Waals surface area contributed by atoms with Crippen LogP contribution in [0.1, 0.15) is 20.8 Å². The van der Waals surface area contributed by atoms with Gasteiger partial charge in [0.05, 0.1) is 3.57 Å². The summed E-state index contributed by atoms with van der Waals surface area (Å²) in [6.07, 6.45) is 1.86. The topological polar surface area (TPSA) is 41.1 Å². The average Bonchev–Trinajstić information content (AvgIpc) is 2.25. The molecule has 0 saturated heterocycles. The summed E-state index contributed by atoms with van der Waals surface area (Å²) in [7, 11) is 0. The highest BCUT2D eigenvalue weighted by Crippen LogP contribution is 2.17. The minimum absolute atomic E-state index is 0.802. The molecule has 84 valence electrons. The maximum Gasteiger partial charge on any atom is 0.227 e. The van der Waals surface area contributed by atoms with Crippen LogP contribution < -0.4 is 10.2 Å². The Morgan fingerprint density at radius 3 is 2.53 bits per heavy atom. The van der Waals surface area contributed by atoms with Crippen LogP contribution in [-0.2, 0) is 0 Å². The molecule has 0 aromatic carbocycles. The molecule has 0 atom stereocenters. The largest absolute Gasteiger partial charge is 0.369 e. The number of hydrogen-bond donors (Lipinski definition) is 1. The van der Waals surface area contributed by atoms with Crippen molar-refractivity contribution >= 4 is 34.4 Å². The van der Waals surface area contributed by atoms with E-state index in [1.165, 1.54) is 0 Å². The summed E-state index contributed by atoms with van der Waals surface area (Å²) in [5.41, 5.74) is 0. The van der Waals surface area contributed by atoms with E-state index in [2.05, 4.69) is 63.5 Å². The Morgan fingerprint density at radius 1 is 1.33 bits per heavy atom. The van der Waals surface area contributed by atoms with Gasteiger partial charge in [-0.25, -0.2) is 4.98 Å². The Kier molecular flexibility index (Phi) is 5.07. The summed E-state index contributed by atoms with van der Waals surface area (Å²) in [6.45, 7) is 9.03. The molecule has 0 radical (unpaired) electrons.